The zero-order valence-corrected chi connectivity index (χ0v) is 19.1. The van der Waals surface area contributed by atoms with Crippen LogP contribution in [0.2, 0.25) is 0 Å². The fraction of sp³-hybridized carbons (Fsp3) is 0.400. The first-order chi connectivity index (χ1) is 15.8. The van der Waals surface area contributed by atoms with E-state index < -0.39 is 15.8 Å². The molecule has 13 heteroatoms. The number of amides is 1. The van der Waals surface area contributed by atoms with Crippen LogP contribution in [0, 0.1) is 0 Å². The molecular weight excluding hydrogens is 446 g/mol. The molecule has 1 fully saturated rings. The minimum Gasteiger partial charge on any atom is -0.463 e. The van der Waals surface area contributed by atoms with Crippen LogP contribution in [-0.4, -0.2) is 57.9 Å². The van der Waals surface area contributed by atoms with Gasteiger partial charge in [0.15, 0.2) is 5.82 Å². The molecule has 0 saturated heterocycles. The summed E-state index contributed by atoms with van der Waals surface area (Å²) in [5.74, 6) is 1.57. The summed E-state index contributed by atoms with van der Waals surface area (Å²) in [5, 5.41) is 27.2. The van der Waals surface area contributed by atoms with Crippen molar-refractivity contribution in [1.29, 1.82) is 0 Å². The minimum atomic E-state index is -3.02. The predicted octanol–water partition coefficient (Wildman–Crippen LogP) is 3.29. The second-order valence-electron chi connectivity index (χ2n) is 7.89. The van der Waals surface area contributed by atoms with Crippen molar-refractivity contribution in [2.45, 2.75) is 43.0 Å². The number of tetrazole rings is 1. The molecule has 1 unspecified atom stereocenters. The van der Waals surface area contributed by atoms with Gasteiger partial charge >= 0.3 is 6.09 Å². The van der Waals surface area contributed by atoms with Gasteiger partial charge in [0.1, 0.15) is 5.82 Å². The lowest BCUT2D eigenvalue weighted by Crippen LogP contribution is -2.23. The number of hydrogen-bond donors (Lipinski definition) is 3. The Labute approximate surface area is 191 Å². The summed E-state index contributed by atoms with van der Waals surface area (Å²) in [6, 6.07) is 6.80. The van der Waals surface area contributed by atoms with Gasteiger partial charge in [0, 0.05) is 36.1 Å². The maximum Gasteiger partial charge on any atom is 0.439 e. The van der Waals surface area contributed by atoms with E-state index in [2.05, 4.69) is 40.5 Å². The van der Waals surface area contributed by atoms with Crippen LogP contribution in [-0.2, 0) is 16.8 Å². The number of benzene rings is 1. The molecule has 1 saturated carbocycles. The topological polar surface area (TPSA) is 160 Å². The van der Waals surface area contributed by atoms with E-state index in [4.69, 9.17) is 5.11 Å². The Morgan fingerprint density at radius 1 is 1.21 bits per heavy atom. The molecule has 2 aromatic heterocycles. The Balaban J connectivity index is 1.60. The zero-order valence-electron chi connectivity index (χ0n) is 18.3. The number of rotatable bonds is 6. The monoisotopic (exact) mass is 471 g/mol. The van der Waals surface area contributed by atoms with E-state index in [-0.39, 0.29) is 0 Å². The van der Waals surface area contributed by atoms with Crippen molar-refractivity contribution in [3.8, 4) is 11.4 Å². The highest BCUT2D eigenvalue weighted by Crippen LogP contribution is 2.29. The molecule has 2 heterocycles. The van der Waals surface area contributed by atoms with Gasteiger partial charge in [-0.15, -0.1) is 9.46 Å². The average molecular weight is 472 g/mol. The van der Waals surface area contributed by atoms with Crippen LogP contribution < -0.4 is 10.6 Å². The van der Waals surface area contributed by atoms with Gasteiger partial charge in [-0.05, 0) is 47.5 Å². The number of nitrogens with zero attached hydrogens (tertiary/aromatic N) is 7. The van der Waals surface area contributed by atoms with Crippen molar-refractivity contribution in [3.63, 3.8) is 0 Å². The van der Waals surface area contributed by atoms with Crippen molar-refractivity contribution in [2.24, 2.45) is 11.4 Å². The number of hydrogen-bond acceptors (Lipinski definition) is 9. The Morgan fingerprint density at radius 2 is 1.94 bits per heavy atom. The molecule has 1 amide bonds. The first-order valence-electron chi connectivity index (χ1n) is 10.5. The molecule has 174 valence electrons. The summed E-state index contributed by atoms with van der Waals surface area (Å²) < 4.78 is 17.3. The molecular formula is C20H25N9O3S. The van der Waals surface area contributed by atoms with Crippen LogP contribution in [0.15, 0.2) is 39.7 Å². The number of aryl methyl sites for hydroxylation is 1. The van der Waals surface area contributed by atoms with Crippen molar-refractivity contribution in [1.82, 2.24) is 30.2 Å². The molecule has 1 aliphatic rings. The van der Waals surface area contributed by atoms with Gasteiger partial charge in [-0.25, -0.2) is 18.7 Å². The van der Waals surface area contributed by atoms with Gasteiger partial charge in [-0.1, -0.05) is 19.3 Å². The van der Waals surface area contributed by atoms with E-state index >= 15 is 0 Å². The lowest BCUT2D eigenvalue weighted by molar-refractivity contribution is 0.206. The molecule has 4 rings (SSSR count). The molecule has 1 aliphatic carbocycles. The molecule has 1 atom stereocenters. The second-order valence-corrected chi connectivity index (χ2v) is 10.1. The lowest BCUT2D eigenvalue weighted by atomic mass is 9.95. The standard InChI is InChI=1S/C20H25N9O3S/c1-29-18(25-27-28-29)16-12-21-19(24-17(16)22-13-6-4-3-5-7-13)23-14-8-10-15(11-9-14)33(2,32)26-20(30)31/h8-13H,3-7H2,1-2H3,(H,30,31)(H2,21,22,23,24). The van der Waals surface area contributed by atoms with Crippen LogP contribution >= 0.6 is 0 Å². The van der Waals surface area contributed by atoms with Crippen molar-refractivity contribution < 1.29 is 14.1 Å². The van der Waals surface area contributed by atoms with Crippen molar-refractivity contribution >= 4 is 33.3 Å². The Hall–Kier alpha value is -3.61. The number of anilines is 3. The van der Waals surface area contributed by atoms with E-state index in [9.17, 15) is 9.00 Å². The number of carbonyl (C=O) groups is 1. The normalized spacial score (nSPS) is 16.1. The summed E-state index contributed by atoms with van der Waals surface area (Å²) in [6.45, 7) is 0. The minimum absolute atomic E-state index is 0.316. The van der Waals surface area contributed by atoms with Gasteiger partial charge in [0.05, 0.1) is 15.3 Å². The number of nitrogens with one attached hydrogen (secondary N) is 2. The summed E-state index contributed by atoms with van der Waals surface area (Å²) in [6.07, 6.45) is 7.24. The first kappa shape index (κ1) is 22.6. The fourth-order valence-electron chi connectivity index (χ4n) is 3.74. The van der Waals surface area contributed by atoms with Crippen molar-refractivity contribution in [2.75, 3.05) is 16.9 Å². The van der Waals surface area contributed by atoms with E-state index in [1.54, 1.807) is 42.2 Å². The molecule has 3 aromatic rings. The summed E-state index contributed by atoms with van der Waals surface area (Å²) in [7, 11) is -1.26. The molecule has 0 bridgehead atoms. The molecule has 0 aliphatic heterocycles. The molecule has 3 N–H and O–H groups in total. The fourth-order valence-corrected chi connectivity index (χ4v) is 4.78. The lowest BCUT2D eigenvalue weighted by Gasteiger charge is -2.24. The largest absolute Gasteiger partial charge is 0.463 e. The quantitative estimate of drug-likeness (QED) is 0.486. The summed E-state index contributed by atoms with van der Waals surface area (Å²) in [5.41, 5.74) is 1.36. The van der Waals surface area contributed by atoms with Gasteiger partial charge < -0.3 is 15.7 Å². The number of carboxylic acid groups (broad SMARTS) is 1. The highest BCUT2D eigenvalue weighted by atomic mass is 32.2. The zero-order chi connectivity index (χ0) is 23.4. The van der Waals surface area contributed by atoms with Gasteiger partial charge in [0.2, 0.25) is 5.95 Å². The SMILES string of the molecule is Cn1nnnc1-c1cnc(Nc2ccc(S(C)(=O)=NC(=O)O)cc2)nc1NC1CCCCC1. The second kappa shape index (κ2) is 9.48. The highest BCUT2D eigenvalue weighted by Gasteiger charge is 2.20. The van der Waals surface area contributed by atoms with Crippen molar-refractivity contribution in [3.05, 3.63) is 30.5 Å². The molecule has 0 radical (unpaired) electrons. The Morgan fingerprint density at radius 3 is 2.58 bits per heavy atom. The van der Waals surface area contributed by atoms with Gasteiger partial charge in [0.25, 0.3) is 0 Å². The average Bonchev–Trinajstić information content (AvgIpc) is 3.20. The van der Waals surface area contributed by atoms with Crippen LogP contribution in [0.3, 0.4) is 0 Å². The van der Waals surface area contributed by atoms with Gasteiger partial charge in [-0.3, -0.25) is 0 Å². The molecule has 33 heavy (non-hydrogen) atoms. The van der Waals surface area contributed by atoms with Crippen LogP contribution in [0.25, 0.3) is 11.4 Å². The predicted molar refractivity (Wildman–Crippen MR) is 123 cm³/mol. The smallest absolute Gasteiger partial charge is 0.439 e. The summed E-state index contributed by atoms with van der Waals surface area (Å²) in [4.78, 5) is 20.2. The maximum absolute atomic E-state index is 12.5. The maximum atomic E-state index is 12.5. The summed E-state index contributed by atoms with van der Waals surface area (Å²) >= 11 is 0. The molecule has 1 aromatic carbocycles. The van der Waals surface area contributed by atoms with Crippen LogP contribution in [0.1, 0.15) is 32.1 Å². The Kier molecular flexibility index (Phi) is 6.49. The first-order valence-corrected chi connectivity index (χ1v) is 12.4. The van der Waals surface area contributed by atoms with Crippen LogP contribution in [0.5, 0.6) is 0 Å². The highest BCUT2D eigenvalue weighted by molar-refractivity contribution is 7.93. The van der Waals surface area contributed by atoms with Crippen LogP contribution in [0.4, 0.5) is 22.2 Å². The third-order valence-electron chi connectivity index (χ3n) is 5.40. The number of aromatic nitrogens is 6. The van der Waals surface area contributed by atoms with E-state index in [1.165, 1.54) is 25.5 Å². The Bertz CT molecular complexity index is 1260. The van der Waals surface area contributed by atoms with E-state index in [0.717, 1.165) is 12.8 Å². The van der Waals surface area contributed by atoms with E-state index in [0.29, 0.717) is 39.8 Å². The molecule has 12 nitrogen and oxygen atoms in total. The third kappa shape index (κ3) is 5.42. The third-order valence-corrected chi connectivity index (χ3v) is 7.05. The molecule has 0 spiro atoms. The van der Waals surface area contributed by atoms with Gasteiger partial charge in [-0.2, -0.15) is 4.98 Å². The van der Waals surface area contributed by atoms with E-state index in [1.807, 2.05) is 0 Å².